The van der Waals surface area contributed by atoms with Crippen LogP contribution in [0.5, 0.6) is 0 Å². The zero-order valence-electron chi connectivity index (χ0n) is 15.9. The summed E-state index contributed by atoms with van der Waals surface area (Å²) < 4.78 is 11.5. The molecule has 0 aliphatic heterocycles. The van der Waals surface area contributed by atoms with Crippen LogP contribution in [0.25, 0.3) is 6.08 Å². The average molecular weight is 356 g/mol. The molecule has 0 N–H and O–H groups in total. The van der Waals surface area contributed by atoms with E-state index in [0.29, 0.717) is 19.3 Å². The monoisotopic (exact) mass is 356 g/mol. The Morgan fingerprint density at radius 1 is 1.31 bits per heavy atom. The molecule has 1 saturated carbocycles. The molecule has 1 aromatic carbocycles. The van der Waals surface area contributed by atoms with E-state index in [4.69, 9.17) is 9.47 Å². The largest absolute Gasteiger partial charge is 0.459 e. The minimum absolute atomic E-state index is 0.112. The van der Waals surface area contributed by atoms with E-state index in [-0.39, 0.29) is 12.4 Å². The Hall–Kier alpha value is -2.20. The van der Waals surface area contributed by atoms with Crippen molar-refractivity contribution >= 4 is 17.8 Å². The molecule has 1 aliphatic rings. The van der Waals surface area contributed by atoms with Crippen LogP contribution in [0, 0.1) is 5.41 Å². The van der Waals surface area contributed by atoms with Gasteiger partial charge in [-0.2, -0.15) is 0 Å². The standard InChI is InChI=1S/C22H28O4/c1-5-16-25-19(14-13-17-10-7-6-8-11-17)22(15-9-12-18(22)23)20(24)26-21(2,3)4/h5-8,10-11,13-14,19H,1,9,12,15-16H2,2-4H3/b14-13+. The highest BCUT2D eigenvalue weighted by Crippen LogP contribution is 2.42. The molecule has 1 aliphatic carbocycles. The van der Waals surface area contributed by atoms with Crippen molar-refractivity contribution in [3.05, 3.63) is 54.6 Å². The maximum atomic E-state index is 13.0. The molecule has 1 fully saturated rings. The summed E-state index contributed by atoms with van der Waals surface area (Å²) in [5, 5.41) is 0. The number of hydrogen-bond donors (Lipinski definition) is 0. The molecule has 0 heterocycles. The summed E-state index contributed by atoms with van der Waals surface area (Å²) in [4.78, 5) is 25.8. The molecule has 4 heteroatoms. The van der Waals surface area contributed by atoms with Crippen LogP contribution < -0.4 is 0 Å². The van der Waals surface area contributed by atoms with Gasteiger partial charge in [-0.25, -0.2) is 0 Å². The number of carbonyl (C=O) groups is 2. The quantitative estimate of drug-likeness (QED) is 0.414. The molecule has 0 bridgehead atoms. The van der Waals surface area contributed by atoms with Crippen molar-refractivity contribution in [3.63, 3.8) is 0 Å². The first-order chi connectivity index (χ1) is 12.3. The lowest BCUT2D eigenvalue weighted by Gasteiger charge is -2.34. The summed E-state index contributed by atoms with van der Waals surface area (Å²) in [6.45, 7) is 9.33. The van der Waals surface area contributed by atoms with Gasteiger partial charge in [0.1, 0.15) is 5.60 Å². The number of Topliss-reactive ketones (excluding diaryl/α,β-unsaturated/α-hetero) is 1. The molecule has 0 amide bonds. The Morgan fingerprint density at radius 2 is 2.00 bits per heavy atom. The summed E-state index contributed by atoms with van der Waals surface area (Å²) in [6, 6.07) is 9.72. The van der Waals surface area contributed by atoms with E-state index in [1.807, 2.05) is 36.4 Å². The molecule has 2 atom stereocenters. The highest BCUT2D eigenvalue weighted by molar-refractivity contribution is 6.06. The lowest BCUT2D eigenvalue weighted by atomic mass is 9.78. The predicted octanol–water partition coefficient (Wildman–Crippen LogP) is 4.35. The van der Waals surface area contributed by atoms with Crippen LogP contribution >= 0.6 is 0 Å². The average Bonchev–Trinajstić information content (AvgIpc) is 2.97. The molecule has 0 spiro atoms. The molecular formula is C22H28O4. The molecule has 0 saturated heterocycles. The number of carbonyl (C=O) groups excluding carboxylic acids is 2. The maximum absolute atomic E-state index is 13.0. The Morgan fingerprint density at radius 3 is 2.54 bits per heavy atom. The van der Waals surface area contributed by atoms with Gasteiger partial charge in [-0.1, -0.05) is 48.6 Å². The lowest BCUT2D eigenvalue weighted by molar-refractivity contribution is -0.176. The van der Waals surface area contributed by atoms with Crippen molar-refractivity contribution < 1.29 is 19.1 Å². The fourth-order valence-electron chi connectivity index (χ4n) is 3.19. The van der Waals surface area contributed by atoms with Crippen LogP contribution in [0.15, 0.2) is 49.1 Å². The van der Waals surface area contributed by atoms with Crippen LogP contribution in [0.4, 0.5) is 0 Å². The second-order valence-corrected chi connectivity index (χ2v) is 7.56. The summed E-state index contributed by atoms with van der Waals surface area (Å²) in [7, 11) is 0. The Kier molecular flexibility index (Phi) is 6.54. The molecule has 2 rings (SSSR count). The predicted molar refractivity (Wildman–Crippen MR) is 103 cm³/mol. The van der Waals surface area contributed by atoms with Crippen molar-refractivity contribution in [3.8, 4) is 0 Å². The van der Waals surface area contributed by atoms with Crippen LogP contribution in [-0.2, 0) is 19.1 Å². The maximum Gasteiger partial charge on any atom is 0.323 e. The highest BCUT2D eigenvalue weighted by atomic mass is 16.6. The van der Waals surface area contributed by atoms with Crippen LogP contribution in [0.1, 0.15) is 45.6 Å². The Balaban J connectivity index is 2.38. The molecule has 1 aromatic rings. The van der Waals surface area contributed by atoms with Crippen molar-refractivity contribution in [2.24, 2.45) is 5.41 Å². The minimum atomic E-state index is -1.29. The van der Waals surface area contributed by atoms with Gasteiger partial charge in [0.15, 0.2) is 11.2 Å². The third-order valence-corrected chi connectivity index (χ3v) is 4.38. The molecule has 140 valence electrons. The molecule has 4 nitrogen and oxygen atoms in total. The van der Waals surface area contributed by atoms with Gasteiger partial charge in [0, 0.05) is 6.42 Å². The van der Waals surface area contributed by atoms with E-state index in [1.165, 1.54) is 0 Å². The van der Waals surface area contributed by atoms with Gasteiger partial charge in [-0.15, -0.1) is 6.58 Å². The van der Waals surface area contributed by atoms with E-state index in [2.05, 4.69) is 6.58 Å². The summed E-state index contributed by atoms with van der Waals surface area (Å²) in [5.74, 6) is -0.613. The SMILES string of the molecule is C=CCOC(/C=C/c1ccccc1)C1(C(=O)OC(C)(C)C)CCCC1=O. The second kappa shape index (κ2) is 8.45. The fraction of sp³-hybridized carbons (Fsp3) is 0.455. The van der Waals surface area contributed by atoms with E-state index in [0.717, 1.165) is 5.56 Å². The number of ether oxygens (including phenoxy) is 2. The third kappa shape index (κ3) is 4.70. The van der Waals surface area contributed by atoms with Crippen LogP contribution in [-0.4, -0.2) is 30.1 Å². The van der Waals surface area contributed by atoms with E-state index < -0.39 is 23.1 Å². The molecule has 0 radical (unpaired) electrons. The van der Waals surface area contributed by atoms with E-state index in [1.54, 1.807) is 32.9 Å². The summed E-state index contributed by atoms with van der Waals surface area (Å²) in [5.41, 5.74) is -0.981. The smallest absolute Gasteiger partial charge is 0.323 e. The van der Waals surface area contributed by atoms with Gasteiger partial charge in [0.25, 0.3) is 0 Å². The number of rotatable bonds is 7. The van der Waals surface area contributed by atoms with E-state index >= 15 is 0 Å². The number of esters is 1. The zero-order chi connectivity index (χ0) is 19.2. The zero-order valence-corrected chi connectivity index (χ0v) is 15.9. The number of benzene rings is 1. The normalized spacial score (nSPS) is 21.7. The van der Waals surface area contributed by atoms with Gasteiger partial charge >= 0.3 is 5.97 Å². The Bertz CT molecular complexity index is 669. The molecule has 0 aromatic heterocycles. The molecule has 26 heavy (non-hydrogen) atoms. The minimum Gasteiger partial charge on any atom is -0.459 e. The molecule has 2 unspecified atom stereocenters. The number of hydrogen-bond acceptors (Lipinski definition) is 4. The topological polar surface area (TPSA) is 52.6 Å². The van der Waals surface area contributed by atoms with Crippen molar-refractivity contribution in [1.82, 2.24) is 0 Å². The molecular weight excluding hydrogens is 328 g/mol. The fourth-order valence-corrected chi connectivity index (χ4v) is 3.19. The van der Waals surface area contributed by atoms with Crippen molar-refractivity contribution in [2.45, 2.75) is 51.7 Å². The lowest BCUT2D eigenvalue weighted by Crippen LogP contribution is -2.49. The van der Waals surface area contributed by atoms with Crippen molar-refractivity contribution in [1.29, 1.82) is 0 Å². The third-order valence-electron chi connectivity index (χ3n) is 4.38. The van der Waals surface area contributed by atoms with Gasteiger partial charge in [0.05, 0.1) is 12.7 Å². The first kappa shape index (κ1) is 20.1. The second-order valence-electron chi connectivity index (χ2n) is 7.56. The van der Waals surface area contributed by atoms with Gasteiger partial charge < -0.3 is 9.47 Å². The van der Waals surface area contributed by atoms with Gasteiger partial charge in [-0.3, -0.25) is 9.59 Å². The summed E-state index contributed by atoms with van der Waals surface area (Å²) in [6.07, 6.45) is 6.06. The van der Waals surface area contributed by atoms with Gasteiger partial charge in [-0.05, 0) is 39.2 Å². The first-order valence-electron chi connectivity index (χ1n) is 9.02. The summed E-state index contributed by atoms with van der Waals surface area (Å²) >= 11 is 0. The number of ketones is 1. The van der Waals surface area contributed by atoms with Gasteiger partial charge in [0.2, 0.25) is 0 Å². The van der Waals surface area contributed by atoms with Crippen LogP contribution in [0.3, 0.4) is 0 Å². The van der Waals surface area contributed by atoms with E-state index in [9.17, 15) is 9.59 Å². The highest BCUT2D eigenvalue weighted by Gasteiger charge is 2.56. The Labute approximate surface area is 155 Å². The first-order valence-corrected chi connectivity index (χ1v) is 9.02. The van der Waals surface area contributed by atoms with Crippen LogP contribution in [0.2, 0.25) is 0 Å². The van der Waals surface area contributed by atoms with Crippen molar-refractivity contribution in [2.75, 3.05) is 6.61 Å².